The first-order valence-electron chi connectivity index (χ1n) is 9.22. The Morgan fingerprint density at radius 2 is 1.50 bits per heavy atom. The highest BCUT2D eigenvalue weighted by atomic mass is 16.5. The SMILES string of the molecule is CC(C)Oc1ccccc1NCC(=O)Nc1ccc(Oc2ccccc2)cc1. The fourth-order valence-electron chi connectivity index (χ4n) is 2.58. The molecule has 28 heavy (non-hydrogen) atoms. The molecule has 0 saturated heterocycles. The summed E-state index contributed by atoms with van der Waals surface area (Å²) in [5.41, 5.74) is 1.50. The van der Waals surface area contributed by atoms with Gasteiger partial charge < -0.3 is 20.1 Å². The number of para-hydroxylation sites is 3. The zero-order valence-corrected chi connectivity index (χ0v) is 16.0. The highest BCUT2D eigenvalue weighted by Crippen LogP contribution is 2.25. The predicted molar refractivity (Wildman–Crippen MR) is 112 cm³/mol. The van der Waals surface area contributed by atoms with Crippen LogP contribution in [0.4, 0.5) is 11.4 Å². The van der Waals surface area contributed by atoms with Crippen LogP contribution in [0.5, 0.6) is 17.2 Å². The quantitative estimate of drug-likeness (QED) is 0.559. The molecular weight excluding hydrogens is 352 g/mol. The maximum Gasteiger partial charge on any atom is 0.243 e. The molecule has 0 aromatic heterocycles. The van der Waals surface area contributed by atoms with Crippen molar-refractivity contribution >= 4 is 17.3 Å². The summed E-state index contributed by atoms with van der Waals surface area (Å²) >= 11 is 0. The van der Waals surface area contributed by atoms with E-state index in [1.165, 1.54) is 0 Å². The Labute approximate surface area is 165 Å². The summed E-state index contributed by atoms with van der Waals surface area (Å²) in [5.74, 6) is 2.07. The van der Waals surface area contributed by atoms with Crippen LogP contribution < -0.4 is 20.1 Å². The number of carbonyl (C=O) groups excluding carboxylic acids is 1. The summed E-state index contributed by atoms with van der Waals surface area (Å²) in [7, 11) is 0. The van der Waals surface area contributed by atoms with E-state index in [0.29, 0.717) is 11.4 Å². The third-order valence-corrected chi connectivity index (χ3v) is 3.81. The van der Waals surface area contributed by atoms with Crippen LogP contribution >= 0.6 is 0 Å². The van der Waals surface area contributed by atoms with Gasteiger partial charge in [-0.15, -0.1) is 0 Å². The first-order valence-corrected chi connectivity index (χ1v) is 9.22. The minimum atomic E-state index is -0.143. The van der Waals surface area contributed by atoms with Crippen LogP contribution in [0.2, 0.25) is 0 Å². The number of ether oxygens (including phenoxy) is 2. The molecule has 0 fully saturated rings. The number of anilines is 2. The van der Waals surface area contributed by atoms with Gasteiger partial charge in [-0.3, -0.25) is 4.79 Å². The fraction of sp³-hybridized carbons (Fsp3) is 0.174. The van der Waals surface area contributed by atoms with Gasteiger partial charge in [0.1, 0.15) is 17.2 Å². The number of hydrogen-bond acceptors (Lipinski definition) is 4. The molecule has 0 atom stereocenters. The molecule has 0 heterocycles. The van der Waals surface area contributed by atoms with Crippen LogP contribution in [0.15, 0.2) is 78.9 Å². The lowest BCUT2D eigenvalue weighted by Gasteiger charge is -2.15. The van der Waals surface area contributed by atoms with Crippen molar-refractivity contribution in [3.63, 3.8) is 0 Å². The van der Waals surface area contributed by atoms with E-state index < -0.39 is 0 Å². The van der Waals surface area contributed by atoms with Gasteiger partial charge in [0.25, 0.3) is 0 Å². The van der Waals surface area contributed by atoms with Gasteiger partial charge in [0.05, 0.1) is 18.3 Å². The van der Waals surface area contributed by atoms with E-state index in [1.807, 2.05) is 92.7 Å². The fourth-order valence-corrected chi connectivity index (χ4v) is 2.58. The largest absolute Gasteiger partial charge is 0.489 e. The summed E-state index contributed by atoms with van der Waals surface area (Å²) in [6.07, 6.45) is 0.0633. The Morgan fingerprint density at radius 3 is 2.21 bits per heavy atom. The molecule has 2 N–H and O–H groups in total. The normalized spacial score (nSPS) is 10.4. The molecule has 1 amide bonds. The van der Waals surface area contributed by atoms with Crippen LogP contribution in [-0.2, 0) is 4.79 Å². The standard InChI is InChI=1S/C23H24N2O3/c1-17(2)27-22-11-7-6-10-21(22)24-16-23(26)25-18-12-14-20(15-13-18)28-19-8-4-3-5-9-19/h3-15,17,24H,16H2,1-2H3,(H,25,26). The van der Waals surface area contributed by atoms with E-state index in [2.05, 4.69) is 10.6 Å². The van der Waals surface area contributed by atoms with Gasteiger partial charge in [0.2, 0.25) is 5.91 Å². The Kier molecular flexibility index (Phi) is 6.52. The van der Waals surface area contributed by atoms with Gasteiger partial charge in [0.15, 0.2) is 0 Å². The van der Waals surface area contributed by atoms with Gasteiger partial charge in [-0.1, -0.05) is 30.3 Å². The zero-order valence-electron chi connectivity index (χ0n) is 16.0. The monoisotopic (exact) mass is 376 g/mol. The highest BCUT2D eigenvalue weighted by molar-refractivity contribution is 5.94. The lowest BCUT2D eigenvalue weighted by Crippen LogP contribution is -2.22. The molecule has 5 nitrogen and oxygen atoms in total. The molecule has 0 unspecified atom stereocenters. The second kappa shape index (κ2) is 9.46. The van der Waals surface area contributed by atoms with E-state index in [1.54, 1.807) is 0 Å². The van der Waals surface area contributed by atoms with E-state index >= 15 is 0 Å². The summed E-state index contributed by atoms with van der Waals surface area (Å²) in [6, 6.07) is 24.4. The van der Waals surface area contributed by atoms with Crippen molar-refractivity contribution in [1.82, 2.24) is 0 Å². The zero-order chi connectivity index (χ0) is 19.8. The molecule has 0 radical (unpaired) electrons. The summed E-state index contributed by atoms with van der Waals surface area (Å²) < 4.78 is 11.5. The van der Waals surface area contributed by atoms with Crippen LogP contribution in [0.25, 0.3) is 0 Å². The van der Waals surface area contributed by atoms with Crippen molar-refractivity contribution in [2.45, 2.75) is 20.0 Å². The minimum Gasteiger partial charge on any atom is -0.489 e. The van der Waals surface area contributed by atoms with Crippen LogP contribution in [0.3, 0.4) is 0 Å². The average molecular weight is 376 g/mol. The van der Waals surface area contributed by atoms with Crippen LogP contribution in [0, 0.1) is 0 Å². The van der Waals surface area contributed by atoms with Crippen molar-refractivity contribution in [2.75, 3.05) is 17.2 Å². The minimum absolute atomic E-state index is 0.0633. The predicted octanol–water partition coefficient (Wildman–Crippen LogP) is 5.32. The van der Waals surface area contributed by atoms with Gasteiger partial charge in [-0.2, -0.15) is 0 Å². The third kappa shape index (κ3) is 5.77. The van der Waals surface area contributed by atoms with Gasteiger partial charge in [0, 0.05) is 5.69 Å². The summed E-state index contributed by atoms with van der Waals surface area (Å²) in [4.78, 5) is 12.2. The maximum atomic E-state index is 12.2. The van der Waals surface area contributed by atoms with Gasteiger partial charge >= 0.3 is 0 Å². The second-order valence-corrected chi connectivity index (χ2v) is 6.50. The molecule has 5 heteroatoms. The van der Waals surface area contributed by atoms with Gasteiger partial charge in [-0.25, -0.2) is 0 Å². The first-order chi connectivity index (χ1) is 13.6. The molecule has 0 aliphatic rings. The molecule has 3 aromatic carbocycles. The average Bonchev–Trinajstić information content (AvgIpc) is 2.69. The summed E-state index contributed by atoms with van der Waals surface area (Å²) in [5, 5.41) is 5.99. The van der Waals surface area contributed by atoms with E-state index in [0.717, 1.165) is 17.2 Å². The Balaban J connectivity index is 1.53. The summed E-state index contributed by atoms with van der Waals surface area (Å²) in [6.45, 7) is 4.07. The number of benzene rings is 3. The molecule has 0 saturated carbocycles. The lowest BCUT2D eigenvalue weighted by atomic mass is 10.2. The molecule has 3 aromatic rings. The maximum absolute atomic E-state index is 12.2. The van der Waals surface area contributed by atoms with Gasteiger partial charge in [-0.05, 0) is 62.4 Å². The molecule has 0 spiro atoms. The lowest BCUT2D eigenvalue weighted by molar-refractivity contribution is -0.114. The van der Waals surface area contributed by atoms with Crippen molar-refractivity contribution in [2.24, 2.45) is 0 Å². The second-order valence-electron chi connectivity index (χ2n) is 6.50. The highest BCUT2D eigenvalue weighted by Gasteiger charge is 2.07. The van der Waals surface area contributed by atoms with E-state index in [-0.39, 0.29) is 18.6 Å². The Hall–Kier alpha value is -3.47. The third-order valence-electron chi connectivity index (χ3n) is 3.81. The number of amides is 1. The number of carbonyl (C=O) groups is 1. The van der Waals surface area contributed by atoms with Crippen molar-refractivity contribution in [3.8, 4) is 17.2 Å². The first kappa shape index (κ1) is 19.3. The van der Waals surface area contributed by atoms with Crippen molar-refractivity contribution in [1.29, 1.82) is 0 Å². The van der Waals surface area contributed by atoms with Crippen LogP contribution in [-0.4, -0.2) is 18.6 Å². The van der Waals surface area contributed by atoms with Crippen molar-refractivity contribution < 1.29 is 14.3 Å². The van der Waals surface area contributed by atoms with E-state index in [4.69, 9.17) is 9.47 Å². The number of nitrogens with one attached hydrogen (secondary N) is 2. The Bertz CT molecular complexity index is 893. The molecular formula is C23H24N2O3. The Morgan fingerprint density at radius 1 is 0.857 bits per heavy atom. The van der Waals surface area contributed by atoms with E-state index in [9.17, 15) is 4.79 Å². The number of rotatable bonds is 8. The van der Waals surface area contributed by atoms with Crippen LogP contribution in [0.1, 0.15) is 13.8 Å². The molecule has 3 rings (SSSR count). The molecule has 144 valence electrons. The smallest absolute Gasteiger partial charge is 0.243 e. The topological polar surface area (TPSA) is 59.6 Å². The molecule has 0 aliphatic carbocycles. The molecule has 0 bridgehead atoms. The van der Waals surface area contributed by atoms with Crippen molar-refractivity contribution in [3.05, 3.63) is 78.9 Å². The molecule has 0 aliphatic heterocycles. The number of hydrogen-bond donors (Lipinski definition) is 2.